The highest BCUT2D eigenvalue weighted by molar-refractivity contribution is 6.36. The normalized spacial score (nSPS) is 10.3. The first-order valence-corrected chi connectivity index (χ1v) is 6.38. The van der Waals surface area contributed by atoms with Gasteiger partial charge in [-0.1, -0.05) is 0 Å². The standard InChI is InChI=1S/C12H23N3O4/c1-10(2)19-8-4-6-14-11(17)12(18)15(9-16)7-3-5-13/h9-10H,3-8,13H2,1-2H3,(H,14,17). The summed E-state index contributed by atoms with van der Waals surface area (Å²) in [6, 6.07) is 0. The number of imide groups is 1. The van der Waals surface area contributed by atoms with Crippen LogP contribution in [0.5, 0.6) is 0 Å². The van der Waals surface area contributed by atoms with Crippen LogP contribution in [0.2, 0.25) is 0 Å². The van der Waals surface area contributed by atoms with Crippen LogP contribution in [0.4, 0.5) is 0 Å². The zero-order chi connectivity index (χ0) is 14.7. The molecule has 7 nitrogen and oxygen atoms in total. The van der Waals surface area contributed by atoms with Crippen LogP contribution in [0.1, 0.15) is 26.7 Å². The number of ether oxygens (including phenoxy) is 1. The molecular weight excluding hydrogens is 250 g/mol. The third-order valence-corrected chi connectivity index (χ3v) is 2.24. The molecule has 19 heavy (non-hydrogen) atoms. The van der Waals surface area contributed by atoms with E-state index in [1.807, 2.05) is 13.8 Å². The van der Waals surface area contributed by atoms with Crippen LogP contribution < -0.4 is 11.1 Å². The lowest BCUT2D eigenvalue weighted by Gasteiger charge is -2.14. The van der Waals surface area contributed by atoms with E-state index in [2.05, 4.69) is 5.32 Å². The van der Waals surface area contributed by atoms with Crippen molar-refractivity contribution in [2.75, 3.05) is 26.2 Å². The van der Waals surface area contributed by atoms with Crippen molar-refractivity contribution in [1.29, 1.82) is 0 Å². The van der Waals surface area contributed by atoms with Gasteiger partial charge in [0.05, 0.1) is 6.10 Å². The lowest BCUT2D eigenvalue weighted by atomic mass is 10.3. The first-order valence-electron chi connectivity index (χ1n) is 6.38. The van der Waals surface area contributed by atoms with Crippen molar-refractivity contribution >= 4 is 18.2 Å². The molecular formula is C12H23N3O4. The van der Waals surface area contributed by atoms with Crippen molar-refractivity contribution in [2.45, 2.75) is 32.8 Å². The summed E-state index contributed by atoms with van der Waals surface area (Å²) in [6.45, 7) is 5.19. The average molecular weight is 273 g/mol. The Morgan fingerprint density at radius 1 is 1.37 bits per heavy atom. The lowest BCUT2D eigenvalue weighted by molar-refractivity contribution is -0.148. The van der Waals surface area contributed by atoms with Gasteiger partial charge in [-0.3, -0.25) is 19.3 Å². The SMILES string of the molecule is CC(C)OCCCNC(=O)C(=O)N(C=O)CCCN. The maximum atomic E-state index is 11.6. The van der Waals surface area contributed by atoms with Gasteiger partial charge in [0.15, 0.2) is 0 Å². The number of hydrogen-bond acceptors (Lipinski definition) is 5. The molecule has 0 unspecified atom stereocenters. The molecule has 0 rings (SSSR count). The van der Waals surface area contributed by atoms with Crippen LogP contribution in [0.25, 0.3) is 0 Å². The number of nitrogens with one attached hydrogen (secondary N) is 1. The molecule has 0 fully saturated rings. The lowest BCUT2D eigenvalue weighted by Crippen LogP contribution is -2.43. The number of nitrogens with two attached hydrogens (primary N) is 1. The van der Waals surface area contributed by atoms with Crippen molar-refractivity contribution in [2.24, 2.45) is 5.73 Å². The number of carbonyl (C=O) groups excluding carboxylic acids is 3. The Hall–Kier alpha value is -1.47. The van der Waals surface area contributed by atoms with Gasteiger partial charge >= 0.3 is 11.8 Å². The van der Waals surface area contributed by atoms with E-state index in [-0.39, 0.29) is 12.6 Å². The Morgan fingerprint density at radius 3 is 2.58 bits per heavy atom. The number of hydrogen-bond donors (Lipinski definition) is 2. The zero-order valence-electron chi connectivity index (χ0n) is 11.6. The molecule has 3 amide bonds. The van der Waals surface area contributed by atoms with Gasteiger partial charge in [0, 0.05) is 19.7 Å². The smallest absolute Gasteiger partial charge is 0.318 e. The Bertz CT molecular complexity index is 295. The molecule has 0 aliphatic rings. The number of carbonyl (C=O) groups is 3. The summed E-state index contributed by atoms with van der Waals surface area (Å²) in [7, 11) is 0. The van der Waals surface area contributed by atoms with Crippen molar-refractivity contribution < 1.29 is 19.1 Å². The molecule has 0 aromatic heterocycles. The Morgan fingerprint density at radius 2 is 2.05 bits per heavy atom. The van der Waals surface area contributed by atoms with E-state index in [1.165, 1.54) is 0 Å². The summed E-state index contributed by atoms with van der Waals surface area (Å²) >= 11 is 0. The van der Waals surface area contributed by atoms with Crippen LogP contribution in [-0.4, -0.2) is 55.5 Å². The van der Waals surface area contributed by atoms with E-state index in [0.717, 1.165) is 4.90 Å². The number of rotatable bonds is 9. The Balaban J connectivity index is 3.91. The number of nitrogens with zero attached hydrogens (tertiary/aromatic N) is 1. The van der Waals surface area contributed by atoms with Crippen LogP contribution in [0, 0.1) is 0 Å². The van der Waals surface area contributed by atoms with Crippen LogP contribution in [0.3, 0.4) is 0 Å². The van der Waals surface area contributed by atoms with Crippen molar-refractivity contribution in [3.63, 3.8) is 0 Å². The molecule has 0 aromatic rings. The summed E-state index contributed by atoms with van der Waals surface area (Å²) in [6.07, 6.45) is 1.57. The quantitative estimate of drug-likeness (QED) is 0.327. The van der Waals surface area contributed by atoms with E-state index in [4.69, 9.17) is 10.5 Å². The Labute approximate surface area is 113 Å². The molecule has 0 saturated heterocycles. The van der Waals surface area contributed by atoms with E-state index in [9.17, 15) is 14.4 Å². The van der Waals surface area contributed by atoms with Crippen molar-refractivity contribution in [3.8, 4) is 0 Å². The molecule has 0 aromatic carbocycles. The zero-order valence-corrected chi connectivity index (χ0v) is 11.6. The van der Waals surface area contributed by atoms with Gasteiger partial charge in [-0.2, -0.15) is 0 Å². The van der Waals surface area contributed by atoms with Gasteiger partial charge < -0.3 is 15.8 Å². The molecule has 0 heterocycles. The van der Waals surface area contributed by atoms with Crippen LogP contribution in [0.15, 0.2) is 0 Å². The third-order valence-electron chi connectivity index (χ3n) is 2.24. The molecule has 110 valence electrons. The third kappa shape index (κ3) is 8.28. The molecule has 0 spiro atoms. The summed E-state index contributed by atoms with van der Waals surface area (Å²) < 4.78 is 5.29. The second kappa shape index (κ2) is 10.5. The first-order chi connectivity index (χ1) is 9.02. The largest absolute Gasteiger partial charge is 0.379 e. The molecule has 7 heteroatoms. The fourth-order valence-electron chi connectivity index (χ4n) is 1.26. The fraction of sp³-hybridized carbons (Fsp3) is 0.750. The van der Waals surface area contributed by atoms with Gasteiger partial charge in [-0.15, -0.1) is 0 Å². The van der Waals surface area contributed by atoms with Crippen molar-refractivity contribution in [1.82, 2.24) is 10.2 Å². The monoisotopic (exact) mass is 273 g/mol. The minimum Gasteiger partial charge on any atom is -0.379 e. The predicted octanol–water partition coefficient (Wildman–Crippen LogP) is -0.748. The Kier molecular flexibility index (Phi) is 9.64. The molecule has 0 aliphatic heterocycles. The highest BCUT2D eigenvalue weighted by Crippen LogP contribution is 1.91. The van der Waals surface area contributed by atoms with Crippen LogP contribution in [-0.2, 0) is 19.1 Å². The predicted molar refractivity (Wildman–Crippen MR) is 70.2 cm³/mol. The first kappa shape index (κ1) is 17.5. The van der Waals surface area contributed by atoms with E-state index >= 15 is 0 Å². The fourth-order valence-corrected chi connectivity index (χ4v) is 1.26. The molecule has 0 saturated carbocycles. The minimum absolute atomic E-state index is 0.138. The summed E-state index contributed by atoms with van der Waals surface area (Å²) in [4.78, 5) is 34.5. The maximum Gasteiger partial charge on any atom is 0.318 e. The van der Waals surface area contributed by atoms with Crippen molar-refractivity contribution in [3.05, 3.63) is 0 Å². The van der Waals surface area contributed by atoms with Gasteiger partial charge in [0.25, 0.3) is 0 Å². The summed E-state index contributed by atoms with van der Waals surface area (Å²) in [5, 5.41) is 2.45. The molecule has 0 aliphatic carbocycles. The van der Waals surface area contributed by atoms with Gasteiger partial charge in [-0.25, -0.2) is 0 Å². The highest BCUT2D eigenvalue weighted by atomic mass is 16.5. The second-order valence-corrected chi connectivity index (χ2v) is 4.28. The maximum absolute atomic E-state index is 11.6. The van der Waals surface area contributed by atoms with E-state index in [0.29, 0.717) is 38.9 Å². The van der Waals surface area contributed by atoms with E-state index in [1.54, 1.807) is 0 Å². The van der Waals surface area contributed by atoms with Crippen LogP contribution >= 0.6 is 0 Å². The van der Waals surface area contributed by atoms with Gasteiger partial charge in [0.2, 0.25) is 6.41 Å². The molecule has 0 bridgehead atoms. The molecule has 3 N–H and O–H groups in total. The van der Waals surface area contributed by atoms with Gasteiger partial charge in [-0.05, 0) is 33.2 Å². The highest BCUT2D eigenvalue weighted by Gasteiger charge is 2.20. The topological polar surface area (TPSA) is 102 Å². The number of amides is 3. The second-order valence-electron chi connectivity index (χ2n) is 4.28. The summed E-state index contributed by atoms with van der Waals surface area (Å²) in [5.74, 6) is -1.64. The van der Waals surface area contributed by atoms with Gasteiger partial charge in [0.1, 0.15) is 0 Å². The molecule has 0 radical (unpaired) electrons. The minimum atomic E-state index is -0.853. The average Bonchev–Trinajstić information content (AvgIpc) is 2.38. The molecule has 0 atom stereocenters. The summed E-state index contributed by atoms with van der Waals surface area (Å²) in [5.41, 5.74) is 5.28. The van der Waals surface area contributed by atoms with E-state index < -0.39 is 11.8 Å².